The molecule has 2 aromatic heterocycles. The number of aryl methyl sites for hydroxylation is 1. The average molecular weight is 339 g/mol. The molecule has 0 spiro atoms. The Morgan fingerprint density at radius 3 is 2.88 bits per heavy atom. The fourth-order valence-electron chi connectivity index (χ4n) is 3.49. The average Bonchev–Trinajstić information content (AvgIpc) is 3.31. The number of rotatable bonds is 6. The number of nitrogens with one attached hydrogen (secondary N) is 1. The third kappa shape index (κ3) is 4.00. The SMILES string of the molecule is O=C(c1ccc(NC2CC2)nc1)N1CCCC[C@@H]1CCn1cccn1. The number of carbonyl (C=O) groups excluding carboxylic acids is 1. The van der Waals surface area contributed by atoms with E-state index in [1.807, 2.05) is 34.0 Å². The van der Waals surface area contributed by atoms with Crippen LogP contribution < -0.4 is 5.32 Å². The number of pyridine rings is 1. The lowest BCUT2D eigenvalue weighted by atomic mass is 9.98. The summed E-state index contributed by atoms with van der Waals surface area (Å²) in [6.07, 6.45) is 12.2. The van der Waals surface area contributed by atoms with Crippen molar-refractivity contribution in [3.63, 3.8) is 0 Å². The first-order valence-electron chi connectivity index (χ1n) is 9.30. The van der Waals surface area contributed by atoms with Gasteiger partial charge in [-0.3, -0.25) is 9.48 Å². The van der Waals surface area contributed by atoms with Gasteiger partial charge in [0.25, 0.3) is 5.91 Å². The molecule has 132 valence electrons. The van der Waals surface area contributed by atoms with E-state index < -0.39 is 0 Å². The van der Waals surface area contributed by atoms with E-state index >= 15 is 0 Å². The maximum absolute atomic E-state index is 13.0. The summed E-state index contributed by atoms with van der Waals surface area (Å²) in [5.74, 6) is 0.976. The van der Waals surface area contributed by atoms with Gasteiger partial charge in [-0.2, -0.15) is 5.10 Å². The first kappa shape index (κ1) is 16.1. The number of anilines is 1. The van der Waals surface area contributed by atoms with Crippen LogP contribution >= 0.6 is 0 Å². The molecule has 0 aromatic carbocycles. The first-order chi connectivity index (χ1) is 12.3. The van der Waals surface area contributed by atoms with E-state index in [2.05, 4.69) is 15.4 Å². The summed E-state index contributed by atoms with van der Waals surface area (Å²) >= 11 is 0. The van der Waals surface area contributed by atoms with Gasteiger partial charge in [0.1, 0.15) is 5.82 Å². The van der Waals surface area contributed by atoms with Gasteiger partial charge in [-0.25, -0.2) is 4.98 Å². The molecule has 0 radical (unpaired) electrons. The summed E-state index contributed by atoms with van der Waals surface area (Å²) in [4.78, 5) is 19.4. The van der Waals surface area contributed by atoms with E-state index in [-0.39, 0.29) is 11.9 Å². The smallest absolute Gasteiger partial charge is 0.255 e. The van der Waals surface area contributed by atoms with Crippen molar-refractivity contribution in [1.29, 1.82) is 0 Å². The number of nitrogens with zero attached hydrogens (tertiary/aromatic N) is 4. The van der Waals surface area contributed by atoms with Crippen LogP contribution in [0.15, 0.2) is 36.8 Å². The molecule has 1 saturated heterocycles. The molecule has 3 heterocycles. The fourth-order valence-corrected chi connectivity index (χ4v) is 3.49. The fraction of sp³-hybridized carbons (Fsp3) is 0.526. The Kier molecular flexibility index (Phi) is 4.68. The van der Waals surface area contributed by atoms with Gasteiger partial charge in [-0.15, -0.1) is 0 Å². The van der Waals surface area contributed by atoms with Gasteiger partial charge in [-0.05, 0) is 56.7 Å². The van der Waals surface area contributed by atoms with E-state index in [0.717, 1.165) is 38.2 Å². The lowest BCUT2D eigenvalue weighted by molar-refractivity contribution is 0.0593. The molecule has 2 aliphatic rings. The van der Waals surface area contributed by atoms with Gasteiger partial charge in [-0.1, -0.05) is 0 Å². The second kappa shape index (κ2) is 7.25. The number of likely N-dealkylation sites (tertiary alicyclic amines) is 1. The third-order valence-corrected chi connectivity index (χ3v) is 5.08. The van der Waals surface area contributed by atoms with E-state index in [9.17, 15) is 4.79 Å². The van der Waals surface area contributed by atoms with Gasteiger partial charge < -0.3 is 10.2 Å². The van der Waals surface area contributed by atoms with Crippen molar-refractivity contribution in [3.05, 3.63) is 42.4 Å². The van der Waals surface area contributed by atoms with E-state index in [1.165, 1.54) is 19.3 Å². The van der Waals surface area contributed by atoms with Crippen molar-refractivity contribution < 1.29 is 4.79 Å². The Labute approximate surface area is 148 Å². The summed E-state index contributed by atoms with van der Waals surface area (Å²) in [6, 6.07) is 6.62. The maximum atomic E-state index is 13.0. The number of carbonyl (C=O) groups is 1. The number of piperidine rings is 1. The van der Waals surface area contributed by atoms with Crippen LogP contribution in [0.5, 0.6) is 0 Å². The lowest BCUT2D eigenvalue weighted by Gasteiger charge is -2.36. The summed E-state index contributed by atoms with van der Waals surface area (Å²) in [7, 11) is 0. The summed E-state index contributed by atoms with van der Waals surface area (Å²) in [5.41, 5.74) is 0.687. The van der Waals surface area contributed by atoms with Crippen LogP contribution in [0.2, 0.25) is 0 Å². The predicted molar refractivity (Wildman–Crippen MR) is 96.4 cm³/mol. The zero-order valence-corrected chi connectivity index (χ0v) is 14.5. The summed E-state index contributed by atoms with van der Waals surface area (Å²) in [6.45, 7) is 1.69. The van der Waals surface area contributed by atoms with Crippen LogP contribution in [-0.4, -0.2) is 44.2 Å². The molecule has 6 nitrogen and oxygen atoms in total. The second-order valence-corrected chi connectivity index (χ2v) is 7.06. The van der Waals surface area contributed by atoms with Crippen molar-refractivity contribution in [2.75, 3.05) is 11.9 Å². The zero-order valence-electron chi connectivity index (χ0n) is 14.5. The summed E-state index contributed by atoms with van der Waals surface area (Å²) in [5, 5.41) is 7.62. The predicted octanol–water partition coefficient (Wildman–Crippen LogP) is 2.94. The second-order valence-electron chi connectivity index (χ2n) is 7.06. The topological polar surface area (TPSA) is 63.1 Å². The Morgan fingerprint density at radius 2 is 2.16 bits per heavy atom. The molecule has 4 rings (SSSR count). The van der Waals surface area contributed by atoms with Gasteiger partial charge in [0, 0.05) is 43.8 Å². The normalized spacial score (nSPS) is 20.5. The van der Waals surface area contributed by atoms with Gasteiger partial charge >= 0.3 is 0 Å². The maximum Gasteiger partial charge on any atom is 0.255 e. The van der Waals surface area contributed by atoms with Gasteiger partial charge in [0.2, 0.25) is 0 Å². The van der Waals surface area contributed by atoms with Crippen LogP contribution in [0.4, 0.5) is 5.82 Å². The molecule has 1 aliphatic heterocycles. The van der Waals surface area contributed by atoms with Crippen molar-refractivity contribution in [3.8, 4) is 0 Å². The summed E-state index contributed by atoms with van der Waals surface area (Å²) < 4.78 is 1.94. The molecule has 1 saturated carbocycles. The quantitative estimate of drug-likeness (QED) is 0.879. The molecule has 2 fully saturated rings. The first-order valence-corrected chi connectivity index (χ1v) is 9.30. The largest absolute Gasteiger partial charge is 0.367 e. The number of hydrogen-bond acceptors (Lipinski definition) is 4. The van der Waals surface area contributed by atoms with E-state index in [0.29, 0.717) is 11.6 Å². The standard InChI is InChI=1S/C19H25N5O/c25-19(15-5-8-18(20-14-15)22-16-6-7-16)24-12-2-1-4-17(24)9-13-23-11-3-10-21-23/h3,5,8,10-11,14,16-17H,1-2,4,6-7,9,12-13H2,(H,20,22)/t17-/m1/s1. The van der Waals surface area contributed by atoms with Crippen LogP contribution in [0, 0.1) is 0 Å². The highest BCUT2D eigenvalue weighted by Gasteiger charge is 2.27. The van der Waals surface area contributed by atoms with Crippen LogP contribution in [0.3, 0.4) is 0 Å². The Morgan fingerprint density at radius 1 is 1.24 bits per heavy atom. The van der Waals surface area contributed by atoms with Gasteiger partial charge in [0.15, 0.2) is 0 Å². The third-order valence-electron chi connectivity index (χ3n) is 5.08. The molecular weight excluding hydrogens is 314 g/mol. The van der Waals surface area contributed by atoms with Crippen molar-refractivity contribution in [1.82, 2.24) is 19.7 Å². The van der Waals surface area contributed by atoms with Crippen LogP contribution in [0.1, 0.15) is 48.9 Å². The number of amides is 1. The van der Waals surface area contributed by atoms with E-state index in [4.69, 9.17) is 0 Å². The molecule has 25 heavy (non-hydrogen) atoms. The minimum atomic E-state index is 0.107. The zero-order chi connectivity index (χ0) is 17.1. The Balaban J connectivity index is 1.40. The Hall–Kier alpha value is -2.37. The molecule has 2 aromatic rings. The molecule has 6 heteroatoms. The highest BCUT2D eigenvalue weighted by atomic mass is 16.2. The molecule has 1 N–H and O–H groups in total. The van der Waals surface area contributed by atoms with E-state index in [1.54, 1.807) is 12.4 Å². The molecular formula is C19H25N5O. The highest BCUT2D eigenvalue weighted by Crippen LogP contribution is 2.25. The van der Waals surface area contributed by atoms with Crippen molar-refractivity contribution >= 4 is 11.7 Å². The van der Waals surface area contributed by atoms with Crippen molar-refractivity contribution in [2.45, 2.75) is 57.2 Å². The van der Waals surface area contributed by atoms with Crippen LogP contribution in [-0.2, 0) is 6.54 Å². The molecule has 1 amide bonds. The molecule has 1 atom stereocenters. The number of aromatic nitrogens is 3. The Bertz CT molecular complexity index is 693. The molecule has 0 bridgehead atoms. The molecule has 1 aliphatic carbocycles. The van der Waals surface area contributed by atoms with Crippen molar-refractivity contribution in [2.24, 2.45) is 0 Å². The minimum absolute atomic E-state index is 0.107. The lowest BCUT2D eigenvalue weighted by Crippen LogP contribution is -2.44. The van der Waals surface area contributed by atoms with Gasteiger partial charge in [0.05, 0.1) is 5.56 Å². The molecule has 0 unspecified atom stereocenters. The number of hydrogen-bond donors (Lipinski definition) is 1. The monoisotopic (exact) mass is 339 g/mol. The minimum Gasteiger partial charge on any atom is -0.367 e. The highest BCUT2D eigenvalue weighted by molar-refractivity contribution is 5.94. The van der Waals surface area contributed by atoms with Crippen LogP contribution in [0.25, 0.3) is 0 Å².